The Balaban J connectivity index is 2.23. The normalized spacial score (nSPS) is 17.8. The molecule has 1 aromatic rings. The molecule has 1 saturated carbocycles. The molecule has 1 fully saturated rings. The van der Waals surface area contributed by atoms with Crippen LogP contribution in [0.1, 0.15) is 50.8 Å². The highest BCUT2D eigenvalue weighted by Gasteiger charge is 2.23. The average molecular weight is 179 g/mol. The number of aromatic nitrogens is 2. The fourth-order valence-corrected chi connectivity index (χ4v) is 1.75. The first kappa shape index (κ1) is 8.60. The van der Waals surface area contributed by atoms with E-state index < -0.39 is 0 Å². The fourth-order valence-electron chi connectivity index (χ4n) is 1.75. The Morgan fingerprint density at radius 3 is 2.62 bits per heavy atom. The molecule has 1 aromatic heterocycles. The van der Waals surface area contributed by atoms with Gasteiger partial charge in [0.05, 0.1) is 5.69 Å². The Bertz CT molecular complexity index is 297. The lowest BCUT2D eigenvalue weighted by Gasteiger charge is -2.22. The van der Waals surface area contributed by atoms with E-state index in [1.807, 2.05) is 10.7 Å². The van der Waals surface area contributed by atoms with Gasteiger partial charge < -0.3 is 5.73 Å². The van der Waals surface area contributed by atoms with Crippen molar-refractivity contribution in [3.63, 3.8) is 0 Å². The summed E-state index contributed by atoms with van der Waals surface area (Å²) in [7, 11) is 0. The standard InChI is InChI=1S/C10H17N3/c1-7(2)13-10(11)6-9(12-13)8-4-3-5-8/h6-8H,3-5,11H2,1-2H3. The summed E-state index contributed by atoms with van der Waals surface area (Å²) in [5, 5.41) is 4.52. The van der Waals surface area contributed by atoms with Gasteiger partial charge in [0.2, 0.25) is 0 Å². The van der Waals surface area contributed by atoms with Gasteiger partial charge in [0.1, 0.15) is 5.82 Å². The highest BCUT2D eigenvalue weighted by Crippen LogP contribution is 2.36. The van der Waals surface area contributed by atoms with Crippen LogP contribution in [0, 0.1) is 0 Å². The van der Waals surface area contributed by atoms with Gasteiger partial charge >= 0.3 is 0 Å². The van der Waals surface area contributed by atoms with Crippen molar-refractivity contribution in [2.24, 2.45) is 0 Å². The Morgan fingerprint density at radius 2 is 2.23 bits per heavy atom. The van der Waals surface area contributed by atoms with Crippen molar-refractivity contribution in [2.45, 2.75) is 45.1 Å². The molecule has 0 amide bonds. The SMILES string of the molecule is CC(C)n1nc(C2CCC2)cc1N. The summed E-state index contributed by atoms with van der Waals surface area (Å²) in [5.74, 6) is 1.49. The van der Waals surface area contributed by atoms with Gasteiger partial charge in [-0.05, 0) is 26.7 Å². The minimum Gasteiger partial charge on any atom is -0.384 e. The quantitative estimate of drug-likeness (QED) is 0.757. The minimum atomic E-state index is 0.369. The van der Waals surface area contributed by atoms with Gasteiger partial charge in [0.15, 0.2) is 0 Å². The summed E-state index contributed by atoms with van der Waals surface area (Å²) < 4.78 is 1.91. The lowest BCUT2D eigenvalue weighted by atomic mass is 9.83. The van der Waals surface area contributed by atoms with Crippen LogP contribution >= 0.6 is 0 Å². The van der Waals surface area contributed by atoms with Crippen LogP contribution < -0.4 is 5.73 Å². The molecule has 0 radical (unpaired) electrons. The van der Waals surface area contributed by atoms with E-state index >= 15 is 0 Å². The van der Waals surface area contributed by atoms with Crippen molar-refractivity contribution in [3.05, 3.63) is 11.8 Å². The molecule has 0 aliphatic heterocycles. The van der Waals surface area contributed by atoms with Crippen LogP contribution in [0.5, 0.6) is 0 Å². The van der Waals surface area contributed by atoms with Crippen LogP contribution in [0.3, 0.4) is 0 Å². The summed E-state index contributed by atoms with van der Waals surface area (Å²) in [5.41, 5.74) is 7.05. The predicted molar refractivity (Wildman–Crippen MR) is 53.6 cm³/mol. The molecular weight excluding hydrogens is 162 g/mol. The molecule has 3 nitrogen and oxygen atoms in total. The first-order valence-electron chi connectivity index (χ1n) is 5.03. The molecule has 3 heteroatoms. The molecule has 0 spiro atoms. The second kappa shape index (κ2) is 3.05. The number of nitrogens with zero attached hydrogens (tertiary/aromatic N) is 2. The highest BCUT2D eigenvalue weighted by molar-refractivity contribution is 5.33. The first-order valence-corrected chi connectivity index (χ1v) is 5.03. The Morgan fingerprint density at radius 1 is 1.54 bits per heavy atom. The maximum absolute atomic E-state index is 5.86. The van der Waals surface area contributed by atoms with Crippen LogP contribution in [-0.2, 0) is 0 Å². The minimum absolute atomic E-state index is 0.369. The van der Waals surface area contributed by atoms with Crippen LogP contribution in [0.2, 0.25) is 0 Å². The van der Waals surface area contributed by atoms with E-state index in [-0.39, 0.29) is 0 Å². The lowest BCUT2D eigenvalue weighted by molar-refractivity contribution is 0.402. The maximum atomic E-state index is 5.86. The lowest BCUT2D eigenvalue weighted by Crippen LogP contribution is -2.11. The molecule has 0 saturated heterocycles. The van der Waals surface area contributed by atoms with E-state index in [0.29, 0.717) is 12.0 Å². The maximum Gasteiger partial charge on any atom is 0.122 e. The van der Waals surface area contributed by atoms with Crippen molar-refractivity contribution in [1.29, 1.82) is 0 Å². The number of hydrogen-bond donors (Lipinski definition) is 1. The summed E-state index contributed by atoms with van der Waals surface area (Å²) in [4.78, 5) is 0. The molecule has 0 atom stereocenters. The second-order valence-electron chi connectivity index (χ2n) is 4.16. The van der Waals surface area contributed by atoms with Crippen molar-refractivity contribution in [2.75, 3.05) is 5.73 Å². The zero-order valence-electron chi connectivity index (χ0n) is 8.33. The Hall–Kier alpha value is -0.990. The third-order valence-electron chi connectivity index (χ3n) is 2.80. The van der Waals surface area contributed by atoms with Gasteiger partial charge in [-0.3, -0.25) is 0 Å². The van der Waals surface area contributed by atoms with Gasteiger partial charge in [-0.2, -0.15) is 5.10 Å². The van der Waals surface area contributed by atoms with Crippen molar-refractivity contribution in [1.82, 2.24) is 9.78 Å². The fraction of sp³-hybridized carbons (Fsp3) is 0.700. The van der Waals surface area contributed by atoms with Crippen LogP contribution in [0.25, 0.3) is 0 Å². The van der Waals surface area contributed by atoms with Crippen molar-refractivity contribution in [3.8, 4) is 0 Å². The molecule has 0 bridgehead atoms. The smallest absolute Gasteiger partial charge is 0.122 e. The van der Waals surface area contributed by atoms with Crippen LogP contribution in [0.4, 0.5) is 5.82 Å². The first-order chi connectivity index (χ1) is 6.18. The Kier molecular flexibility index (Phi) is 2.02. The van der Waals surface area contributed by atoms with Gasteiger partial charge in [0, 0.05) is 18.0 Å². The summed E-state index contributed by atoms with van der Waals surface area (Å²) in [6.07, 6.45) is 3.92. The van der Waals surface area contributed by atoms with E-state index in [0.717, 1.165) is 5.82 Å². The van der Waals surface area contributed by atoms with Gasteiger partial charge in [0.25, 0.3) is 0 Å². The number of nitrogen functional groups attached to an aromatic ring is 1. The van der Waals surface area contributed by atoms with Crippen molar-refractivity contribution >= 4 is 5.82 Å². The molecule has 2 rings (SSSR count). The zero-order valence-corrected chi connectivity index (χ0v) is 8.33. The summed E-state index contributed by atoms with van der Waals surface area (Å²) in [6.45, 7) is 4.21. The molecule has 72 valence electrons. The van der Waals surface area contributed by atoms with Gasteiger partial charge in [-0.25, -0.2) is 4.68 Å². The van der Waals surface area contributed by atoms with Crippen LogP contribution in [-0.4, -0.2) is 9.78 Å². The molecular formula is C10H17N3. The summed E-state index contributed by atoms with van der Waals surface area (Å²) >= 11 is 0. The van der Waals surface area contributed by atoms with Gasteiger partial charge in [-0.1, -0.05) is 6.42 Å². The van der Waals surface area contributed by atoms with E-state index in [4.69, 9.17) is 5.73 Å². The molecule has 0 unspecified atom stereocenters. The van der Waals surface area contributed by atoms with Crippen LogP contribution in [0.15, 0.2) is 6.07 Å². The number of anilines is 1. The molecule has 1 aliphatic carbocycles. The second-order valence-corrected chi connectivity index (χ2v) is 4.16. The van der Waals surface area contributed by atoms with E-state index in [1.54, 1.807) is 0 Å². The molecule has 2 N–H and O–H groups in total. The third kappa shape index (κ3) is 1.43. The number of hydrogen-bond acceptors (Lipinski definition) is 2. The third-order valence-corrected chi connectivity index (χ3v) is 2.80. The monoisotopic (exact) mass is 179 g/mol. The van der Waals surface area contributed by atoms with Gasteiger partial charge in [-0.15, -0.1) is 0 Å². The summed E-state index contributed by atoms with van der Waals surface area (Å²) in [6, 6.07) is 2.40. The van der Waals surface area contributed by atoms with Crippen molar-refractivity contribution < 1.29 is 0 Å². The highest BCUT2D eigenvalue weighted by atomic mass is 15.3. The van der Waals surface area contributed by atoms with E-state index in [2.05, 4.69) is 18.9 Å². The number of nitrogens with two attached hydrogens (primary N) is 1. The Labute approximate surface area is 78.9 Å². The van der Waals surface area contributed by atoms with E-state index in [9.17, 15) is 0 Å². The number of rotatable bonds is 2. The predicted octanol–water partition coefficient (Wildman–Crippen LogP) is 2.31. The molecule has 1 heterocycles. The largest absolute Gasteiger partial charge is 0.384 e. The topological polar surface area (TPSA) is 43.8 Å². The van der Waals surface area contributed by atoms with E-state index in [1.165, 1.54) is 25.0 Å². The molecule has 13 heavy (non-hydrogen) atoms. The molecule has 1 aliphatic rings. The molecule has 0 aromatic carbocycles. The average Bonchev–Trinajstić information content (AvgIpc) is 2.27. The zero-order chi connectivity index (χ0) is 9.42.